The maximum Gasteiger partial charge on any atom is 0.122 e. The fourth-order valence-electron chi connectivity index (χ4n) is 3.81. The first-order valence-corrected chi connectivity index (χ1v) is 9.02. The zero-order valence-corrected chi connectivity index (χ0v) is 14.3. The molecule has 0 aromatic heterocycles. The topological polar surface area (TPSA) is 35.9 Å². The Morgan fingerprint density at radius 1 is 1.17 bits per heavy atom. The minimum atomic E-state index is -0.417. The van der Waals surface area contributed by atoms with Crippen LogP contribution >= 0.6 is 0 Å². The largest absolute Gasteiger partial charge is 0.491 e. The predicted octanol–water partition coefficient (Wildman–Crippen LogP) is 2.15. The summed E-state index contributed by atoms with van der Waals surface area (Å²) in [6.07, 6.45) is 3.58. The van der Waals surface area contributed by atoms with Gasteiger partial charge in [0.05, 0.1) is 0 Å². The van der Waals surface area contributed by atoms with Crippen LogP contribution in [0.2, 0.25) is 0 Å². The Morgan fingerprint density at radius 2 is 1.96 bits per heavy atom. The fourth-order valence-corrected chi connectivity index (χ4v) is 3.81. The van der Waals surface area contributed by atoms with Gasteiger partial charge in [-0.15, -0.1) is 0 Å². The van der Waals surface area contributed by atoms with Crippen LogP contribution in [0.4, 0.5) is 0 Å². The number of likely N-dealkylation sites (tertiary alicyclic amines) is 2. The minimum Gasteiger partial charge on any atom is -0.491 e. The van der Waals surface area contributed by atoms with Crippen LogP contribution in [0.1, 0.15) is 24.8 Å². The van der Waals surface area contributed by atoms with Crippen molar-refractivity contribution in [1.82, 2.24) is 9.80 Å². The zero-order valence-electron chi connectivity index (χ0n) is 14.3. The minimum absolute atomic E-state index is 0.373. The summed E-state index contributed by atoms with van der Waals surface area (Å²) in [5.41, 5.74) is 1.12. The summed E-state index contributed by atoms with van der Waals surface area (Å²) < 4.78 is 5.76. The number of hydrogen-bond donors (Lipinski definition) is 1. The molecule has 0 aliphatic carbocycles. The van der Waals surface area contributed by atoms with Gasteiger partial charge in [-0.3, -0.25) is 0 Å². The average Bonchev–Trinajstić information content (AvgIpc) is 3.19. The van der Waals surface area contributed by atoms with Crippen molar-refractivity contribution >= 4 is 0 Å². The monoisotopic (exact) mass is 318 g/mol. The smallest absolute Gasteiger partial charge is 0.122 e. The lowest BCUT2D eigenvalue weighted by molar-refractivity contribution is 0.0739. The highest BCUT2D eigenvalue weighted by Crippen LogP contribution is 2.20. The third-order valence-corrected chi connectivity index (χ3v) is 5.08. The molecule has 1 aromatic rings. The Labute approximate surface area is 140 Å². The van der Waals surface area contributed by atoms with Crippen LogP contribution in [0.3, 0.4) is 0 Å². The third-order valence-electron chi connectivity index (χ3n) is 5.08. The molecular weight excluding hydrogens is 288 g/mol. The summed E-state index contributed by atoms with van der Waals surface area (Å²) in [6, 6.07) is 7.97. The molecule has 0 spiro atoms. The second kappa shape index (κ2) is 8.13. The van der Waals surface area contributed by atoms with E-state index in [2.05, 4.69) is 9.80 Å². The highest BCUT2D eigenvalue weighted by atomic mass is 16.5. The standard InChI is InChI=1S/C19H30N2O2/c1-16-6-2-3-7-19(16)23-15-18(22)14-21-11-8-17(13-21)12-20-9-4-5-10-20/h2-3,6-7,17-18,22H,4-5,8-15H2,1H3. The lowest BCUT2D eigenvalue weighted by atomic mass is 10.1. The van der Waals surface area contributed by atoms with Gasteiger partial charge in [-0.05, 0) is 63.4 Å². The Hall–Kier alpha value is -1.10. The van der Waals surface area contributed by atoms with E-state index in [4.69, 9.17) is 4.74 Å². The van der Waals surface area contributed by atoms with Crippen molar-refractivity contribution in [3.63, 3.8) is 0 Å². The molecule has 2 unspecified atom stereocenters. The quantitative estimate of drug-likeness (QED) is 0.836. The number of aliphatic hydroxyl groups is 1. The van der Waals surface area contributed by atoms with E-state index >= 15 is 0 Å². The van der Waals surface area contributed by atoms with Crippen molar-refractivity contribution < 1.29 is 9.84 Å². The molecule has 4 heteroatoms. The van der Waals surface area contributed by atoms with Crippen LogP contribution in [-0.2, 0) is 0 Å². The molecule has 0 bridgehead atoms. The highest BCUT2D eigenvalue weighted by Gasteiger charge is 2.26. The lowest BCUT2D eigenvalue weighted by Gasteiger charge is -2.22. The third kappa shape index (κ3) is 4.93. The predicted molar refractivity (Wildman–Crippen MR) is 92.9 cm³/mol. The van der Waals surface area contributed by atoms with Gasteiger partial charge in [0.1, 0.15) is 18.5 Å². The van der Waals surface area contributed by atoms with Gasteiger partial charge >= 0.3 is 0 Å². The first-order chi connectivity index (χ1) is 11.2. The van der Waals surface area contributed by atoms with E-state index in [0.717, 1.165) is 36.9 Å². The van der Waals surface area contributed by atoms with E-state index in [0.29, 0.717) is 6.61 Å². The van der Waals surface area contributed by atoms with E-state index in [9.17, 15) is 5.11 Å². The molecule has 2 aliphatic heterocycles. The van der Waals surface area contributed by atoms with Gasteiger partial charge < -0.3 is 19.6 Å². The van der Waals surface area contributed by atoms with Crippen molar-refractivity contribution in [2.24, 2.45) is 5.92 Å². The first kappa shape index (κ1) is 16.7. The summed E-state index contributed by atoms with van der Waals surface area (Å²) >= 11 is 0. The molecule has 2 saturated heterocycles. The van der Waals surface area contributed by atoms with Crippen molar-refractivity contribution in [3.05, 3.63) is 29.8 Å². The number of aliphatic hydroxyl groups excluding tert-OH is 1. The Kier molecular flexibility index (Phi) is 5.92. The van der Waals surface area contributed by atoms with Crippen molar-refractivity contribution in [1.29, 1.82) is 0 Å². The summed E-state index contributed by atoms with van der Waals surface area (Å²) in [5, 5.41) is 10.3. The van der Waals surface area contributed by atoms with E-state index in [-0.39, 0.29) is 0 Å². The van der Waals surface area contributed by atoms with Gasteiger partial charge in [0, 0.05) is 19.6 Å². The molecule has 2 aliphatic rings. The van der Waals surface area contributed by atoms with E-state index in [1.165, 1.54) is 38.9 Å². The molecular formula is C19H30N2O2. The summed E-state index contributed by atoms with van der Waals surface area (Å²) in [6.45, 7) is 9.17. The molecule has 2 heterocycles. The maximum atomic E-state index is 10.3. The second-order valence-electron chi connectivity index (χ2n) is 7.15. The van der Waals surface area contributed by atoms with Crippen molar-refractivity contribution in [2.45, 2.75) is 32.3 Å². The molecule has 0 amide bonds. The average molecular weight is 318 g/mol. The zero-order chi connectivity index (χ0) is 16.1. The number of ether oxygens (including phenoxy) is 1. The fraction of sp³-hybridized carbons (Fsp3) is 0.684. The van der Waals surface area contributed by atoms with Crippen LogP contribution < -0.4 is 4.74 Å². The lowest BCUT2D eigenvalue weighted by Crippen LogP contribution is -2.35. The molecule has 4 nitrogen and oxygen atoms in total. The molecule has 1 N–H and O–H groups in total. The molecule has 1 aromatic carbocycles. The molecule has 2 fully saturated rings. The number of nitrogens with zero attached hydrogens (tertiary/aromatic N) is 2. The number of hydrogen-bond acceptors (Lipinski definition) is 4. The van der Waals surface area contributed by atoms with Gasteiger partial charge in [-0.1, -0.05) is 18.2 Å². The SMILES string of the molecule is Cc1ccccc1OCC(O)CN1CCC(CN2CCCC2)C1. The highest BCUT2D eigenvalue weighted by molar-refractivity contribution is 5.31. The number of para-hydroxylation sites is 1. The summed E-state index contributed by atoms with van der Waals surface area (Å²) in [7, 11) is 0. The van der Waals surface area contributed by atoms with Crippen LogP contribution in [0.25, 0.3) is 0 Å². The van der Waals surface area contributed by atoms with Gasteiger partial charge in [0.15, 0.2) is 0 Å². The molecule has 23 heavy (non-hydrogen) atoms. The first-order valence-electron chi connectivity index (χ1n) is 9.02. The molecule has 3 rings (SSSR count). The van der Waals surface area contributed by atoms with Crippen LogP contribution in [0.15, 0.2) is 24.3 Å². The van der Waals surface area contributed by atoms with E-state index in [1.54, 1.807) is 0 Å². The Balaban J connectivity index is 1.37. The van der Waals surface area contributed by atoms with Crippen molar-refractivity contribution in [3.8, 4) is 5.75 Å². The Morgan fingerprint density at radius 3 is 2.74 bits per heavy atom. The van der Waals surface area contributed by atoms with Crippen LogP contribution in [-0.4, -0.2) is 66.9 Å². The number of aryl methyl sites for hydroxylation is 1. The molecule has 2 atom stereocenters. The van der Waals surface area contributed by atoms with E-state index < -0.39 is 6.10 Å². The number of β-amino-alcohol motifs (C(OH)–C–C–N with tert-alkyl or cyclic N) is 1. The molecule has 0 saturated carbocycles. The Bertz CT molecular complexity index is 488. The van der Waals surface area contributed by atoms with Crippen LogP contribution in [0, 0.1) is 12.8 Å². The number of rotatable bonds is 7. The second-order valence-corrected chi connectivity index (χ2v) is 7.15. The summed E-state index contributed by atoms with van der Waals surface area (Å²) in [5.74, 6) is 1.65. The van der Waals surface area contributed by atoms with Crippen LogP contribution in [0.5, 0.6) is 5.75 Å². The normalized spacial score (nSPS) is 24.2. The van der Waals surface area contributed by atoms with Gasteiger partial charge in [0.25, 0.3) is 0 Å². The molecule has 128 valence electrons. The van der Waals surface area contributed by atoms with Crippen molar-refractivity contribution in [2.75, 3.05) is 45.9 Å². The van der Waals surface area contributed by atoms with Gasteiger partial charge in [-0.25, -0.2) is 0 Å². The molecule has 0 radical (unpaired) electrons. The maximum absolute atomic E-state index is 10.3. The van der Waals surface area contributed by atoms with Gasteiger partial charge in [0.2, 0.25) is 0 Å². The summed E-state index contributed by atoms with van der Waals surface area (Å²) in [4.78, 5) is 5.00. The van der Waals surface area contributed by atoms with E-state index in [1.807, 2.05) is 31.2 Å². The number of benzene rings is 1. The van der Waals surface area contributed by atoms with Gasteiger partial charge in [-0.2, -0.15) is 0 Å².